The number of nitrogens with two attached hydrogens (primary N) is 1. The molecule has 0 saturated heterocycles. The lowest BCUT2D eigenvalue weighted by Gasteiger charge is -2.20. The maximum atomic E-state index is 12.6. The number of phosphoric acid groups is 1. The van der Waals surface area contributed by atoms with Crippen LogP contribution in [0.25, 0.3) is 0 Å². The zero-order valence-electron chi connectivity index (χ0n) is 33.6. The molecule has 0 aromatic rings. The Bertz CT molecular complexity index is 963. The quantitative estimate of drug-likeness (QED) is 0.0234. The first-order valence-electron chi connectivity index (χ1n) is 21.2. The second-order valence-corrected chi connectivity index (χ2v) is 15.9. The highest BCUT2D eigenvalue weighted by Crippen LogP contribution is 2.43. The van der Waals surface area contributed by atoms with Gasteiger partial charge in [-0.05, 0) is 32.1 Å². The van der Waals surface area contributed by atoms with Gasteiger partial charge < -0.3 is 25.2 Å². The van der Waals surface area contributed by atoms with Crippen molar-refractivity contribution in [2.75, 3.05) is 19.8 Å². The minimum Gasteiger partial charge on any atom is -0.480 e. The summed E-state index contributed by atoms with van der Waals surface area (Å²) in [5.74, 6) is -2.38. The van der Waals surface area contributed by atoms with Crippen molar-refractivity contribution in [1.29, 1.82) is 0 Å². The van der Waals surface area contributed by atoms with Gasteiger partial charge in [0.05, 0.1) is 13.2 Å². The summed E-state index contributed by atoms with van der Waals surface area (Å²) in [6.07, 6.45) is 35.7. The molecule has 0 aromatic heterocycles. The Morgan fingerprint density at radius 1 is 0.566 bits per heavy atom. The van der Waals surface area contributed by atoms with Gasteiger partial charge in [0.25, 0.3) is 0 Å². The normalized spacial score (nSPS) is 13.9. The number of unbranched alkanes of at least 4 members (excludes halogenated alkanes) is 24. The van der Waals surface area contributed by atoms with Gasteiger partial charge in [-0.2, -0.15) is 0 Å². The molecule has 0 aliphatic carbocycles. The molecule has 0 aromatic carbocycles. The van der Waals surface area contributed by atoms with Crippen molar-refractivity contribution in [3.63, 3.8) is 0 Å². The third kappa shape index (κ3) is 36.9. The molecule has 0 amide bonds. The highest BCUT2D eigenvalue weighted by atomic mass is 31.2. The van der Waals surface area contributed by atoms with Crippen LogP contribution < -0.4 is 5.73 Å². The molecule has 11 nitrogen and oxygen atoms in total. The largest absolute Gasteiger partial charge is 0.480 e. The average molecular weight is 776 g/mol. The Morgan fingerprint density at radius 3 is 1.43 bits per heavy atom. The average Bonchev–Trinajstić information content (AvgIpc) is 3.13. The number of aliphatic carboxylic acids is 1. The van der Waals surface area contributed by atoms with Crippen LogP contribution in [0.15, 0.2) is 12.2 Å². The SMILES string of the molecule is CCCC/C=C\CCCCCCCC(=O)OC(COC(=O)CCCCCCCCCCCCCCCCCCCC)COP(=O)(O)OCC(N)C(=O)O. The molecule has 0 aliphatic rings. The van der Waals surface area contributed by atoms with Gasteiger partial charge in [0.15, 0.2) is 6.10 Å². The van der Waals surface area contributed by atoms with Crippen LogP contribution in [-0.2, 0) is 37.5 Å². The van der Waals surface area contributed by atoms with E-state index >= 15 is 0 Å². The predicted octanol–water partition coefficient (Wildman–Crippen LogP) is 10.9. The van der Waals surface area contributed by atoms with E-state index in [0.717, 1.165) is 57.8 Å². The molecule has 3 unspecified atom stereocenters. The molecule has 53 heavy (non-hydrogen) atoms. The van der Waals surface area contributed by atoms with Crippen molar-refractivity contribution in [2.45, 2.75) is 212 Å². The van der Waals surface area contributed by atoms with Gasteiger partial charge in [-0.1, -0.05) is 167 Å². The summed E-state index contributed by atoms with van der Waals surface area (Å²) in [6, 6.07) is -1.52. The van der Waals surface area contributed by atoms with E-state index in [9.17, 15) is 23.8 Å². The van der Waals surface area contributed by atoms with Crippen LogP contribution in [0.3, 0.4) is 0 Å². The lowest BCUT2D eigenvalue weighted by Crippen LogP contribution is -2.34. The number of hydrogen-bond acceptors (Lipinski definition) is 9. The van der Waals surface area contributed by atoms with Crippen LogP contribution in [0.2, 0.25) is 0 Å². The summed E-state index contributed by atoms with van der Waals surface area (Å²) in [5, 5.41) is 8.87. The Hall–Kier alpha value is -1.78. The number of allylic oxidation sites excluding steroid dienone is 2. The summed E-state index contributed by atoms with van der Waals surface area (Å²) in [7, 11) is -4.71. The van der Waals surface area contributed by atoms with E-state index in [1.165, 1.54) is 103 Å². The highest BCUT2D eigenvalue weighted by molar-refractivity contribution is 7.47. The van der Waals surface area contributed by atoms with Gasteiger partial charge in [0.1, 0.15) is 12.6 Å². The lowest BCUT2D eigenvalue weighted by molar-refractivity contribution is -0.161. The van der Waals surface area contributed by atoms with Crippen molar-refractivity contribution in [1.82, 2.24) is 0 Å². The van der Waals surface area contributed by atoms with Gasteiger partial charge >= 0.3 is 25.7 Å². The van der Waals surface area contributed by atoms with Gasteiger partial charge in [-0.3, -0.25) is 23.4 Å². The topological polar surface area (TPSA) is 172 Å². The van der Waals surface area contributed by atoms with Crippen LogP contribution in [-0.4, -0.2) is 59.9 Å². The Morgan fingerprint density at radius 2 is 0.962 bits per heavy atom. The first-order valence-corrected chi connectivity index (χ1v) is 22.7. The predicted molar refractivity (Wildman–Crippen MR) is 213 cm³/mol. The van der Waals surface area contributed by atoms with Crippen LogP contribution in [0.1, 0.15) is 200 Å². The monoisotopic (exact) mass is 776 g/mol. The van der Waals surface area contributed by atoms with E-state index in [1.54, 1.807) is 0 Å². The number of ether oxygens (including phenoxy) is 2. The number of carbonyl (C=O) groups is 3. The molecule has 0 aliphatic heterocycles. The molecule has 0 bridgehead atoms. The van der Waals surface area contributed by atoms with Gasteiger partial charge in [0, 0.05) is 12.8 Å². The van der Waals surface area contributed by atoms with Crippen molar-refractivity contribution in [3.05, 3.63) is 12.2 Å². The summed E-state index contributed by atoms with van der Waals surface area (Å²) >= 11 is 0. The van der Waals surface area contributed by atoms with Crippen molar-refractivity contribution >= 4 is 25.7 Å². The molecule has 0 heterocycles. The number of phosphoric ester groups is 1. The minimum atomic E-state index is -4.71. The third-order valence-electron chi connectivity index (χ3n) is 9.26. The number of carbonyl (C=O) groups excluding carboxylic acids is 2. The summed E-state index contributed by atoms with van der Waals surface area (Å²) in [6.45, 7) is 2.77. The fraction of sp³-hybridized carbons (Fsp3) is 0.878. The molecule has 0 rings (SSSR count). The second-order valence-electron chi connectivity index (χ2n) is 14.5. The second kappa shape index (κ2) is 37.2. The number of esters is 2. The number of hydrogen-bond donors (Lipinski definition) is 3. The summed E-state index contributed by atoms with van der Waals surface area (Å²) in [4.78, 5) is 45.8. The number of rotatable bonds is 40. The lowest BCUT2D eigenvalue weighted by atomic mass is 10.0. The van der Waals surface area contributed by atoms with Gasteiger partial charge in [-0.25, -0.2) is 4.57 Å². The fourth-order valence-corrected chi connectivity index (χ4v) is 6.65. The van der Waals surface area contributed by atoms with E-state index in [0.29, 0.717) is 12.8 Å². The first kappa shape index (κ1) is 51.2. The molecule has 312 valence electrons. The van der Waals surface area contributed by atoms with E-state index < -0.39 is 51.1 Å². The molecule has 3 atom stereocenters. The molecule has 0 radical (unpaired) electrons. The van der Waals surface area contributed by atoms with Crippen molar-refractivity contribution < 1.29 is 47.5 Å². The highest BCUT2D eigenvalue weighted by Gasteiger charge is 2.28. The third-order valence-corrected chi connectivity index (χ3v) is 10.2. The zero-order valence-corrected chi connectivity index (χ0v) is 34.5. The fourth-order valence-electron chi connectivity index (χ4n) is 5.87. The molecule has 4 N–H and O–H groups in total. The van der Waals surface area contributed by atoms with E-state index in [4.69, 9.17) is 24.8 Å². The van der Waals surface area contributed by atoms with E-state index in [2.05, 4.69) is 30.5 Å². The van der Waals surface area contributed by atoms with Crippen molar-refractivity contribution in [3.8, 4) is 0 Å². The van der Waals surface area contributed by atoms with Gasteiger partial charge in [0.2, 0.25) is 0 Å². The Labute approximate surface area is 322 Å². The van der Waals surface area contributed by atoms with E-state index in [-0.39, 0.29) is 19.4 Å². The van der Waals surface area contributed by atoms with Crippen LogP contribution in [0.4, 0.5) is 0 Å². The smallest absolute Gasteiger partial charge is 0.472 e. The maximum absolute atomic E-state index is 12.6. The molecular formula is C41H78NO10P. The van der Waals surface area contributed by atoms with Crippen LogP contribution in [0, 0.1) is 0 Å². The Balaban J connectivity index is 4.29. The Kier molecular flexibility index (Phi) is 35.9. The van der Waals surface area contributed by atoms with Crippen LogP contribution in [0.5, 0.6) is 0 Å². The summed E-state index contributed by atoms with van der Waals surface area (Å²) in [5.41, 5.74) is 5.32. The number of carboxylic acids is 1. The molecule has 0 fully saturated rings. The standard InChI is InChI=1S/C41H78NO10P/c1-3-5-7-9-11-13-15-16-17-18-19-20-21-23-24-26-28-30-32-39(43)49-34-37(35-50-53(47,48)51-36-38(42)41(45)46)52-40(44)33-31-29-27-25-22-14-12-10-8-6-4-2/h10,12,37-38H,3-9,11,13-36,42H2,1-2H3,(H,45,46)(H,47,48)/b12-10-. The molecule has 12 heteroatoms. The minimum absolute atomic E-state index is 0.154. The van der Waals surface area contributed by atoms with Gasteiger partial charge in [-0.15, -0.1) is 0 Å². The van der Waals surface area contributed by atoms with E-state index in [1.807, 2.05) is 0 Å². The van der Waals surface area contributed by atoms with Crippen LogP contribution >= 0.6 is 7.82 Å². The number of carboxylic acid groups (broad SMARTS) is 1. The molecule has 0 spiro atoms. The molecule has 0 saturated carbocycles. The molecular weight excluding hydrogens is 697 g/mol. The maximum Gasteiger partial charge on any atom is 0.472 e. The first-order chi connectivity index (χ1) is 25.6. The zero-order chi connectivity index (χ0) is 39.3. The van der Waals surface area contributed by atoms with Crippen molar-refractivity contribution in [2.24, 2.45) is 5.73 Å². The summed E-state index contributed by atoms with van der Waals surface area (Å²) < 4.78 is 32.6.